The van der Waals surface area contributed by atoms with Gasteiger partial charge in [0, 0.05) is 12.6 Å². The van der Waals surface area contributed by atoms with Gasteiger partial charge in [0.15, 0.2) is 0 Å². The van der Waals surface area contributed by atoms with Gasteiger partial charge in [0.25, 0.3) is 0 Å². The van der Waals surface area contributed by atoms with Gasteiger partial charge in [-0.25, -0.2) is 0 Å². The molecule has 1 N–H and O–H groups in total. The SMILES string of the molecule is CNC1CC(C)CC(C)C1OCC1CCCCO1. The number of ether oxygens (including phenoxy) is 2. The Hall–Kier alpha value is -0.120. The van der Waals surface area contributed by atoms with E-state index in [0.717, 1.165) is 19.1 Å². The Labute approximate surface area is 112 Å². The van der Waals surface area contributed by atoms with Crippen molar-refractivity contribution in [1.82, 2.24) is 5.32 Å². The Kier molecular flexibility index (Phi) is 5.46. The first kappa shape index (κ1) is 14.3. The number of rotatable bonds is 4. The van der Waals surface area contributed by atoms with Crippen LogP contribution in [0.2, 0.25) is 0 Å². The average molecular weight is 255 g/mol. The highest BCUT2D eigenvalue weighted by Gasteiger charge is 2.34. The van der Waals surface area contributed by atoms with E-state index in [1.807, 2.05) is 0 Å². The molecule has 3 nitrogen and oxygen atoms in total. The van der Waals surface area contributed by atoms with E-state index < -0.39 is 0 Å². The zero-order valence-corrected chi connectivity index (χ0v) is 12.2. The first-order chi connectivity index (χ1) is 8.70. The van der Waals surface area contributed by atoms with Crippen molar-refractivity contribution in [2.24, 2.45) is 11.8 Å². The summed E-state index contributed by atoms with van der Waals surface area (Å²) in [6.07, 6.45) is 6.89. The Morgan fingerprint density at radius 1 is 1.22 bits per heavy atom. The van der Waals surface area contributed by atoms with Crippen LogP contribution in [0.3, 0.4) is 0 Å². The summed E-state index contributed by atoms with van der Waals surface area (Å²) in [6, 6.07) is 0.507. The molecule has 0 amide bonds. The average Bonchev–Trinajstić information content (AvgIpc) is 2.38. The van der Waals surface area contributed by atoms with Crippen molar-refractivity contribution in [2.45, 2.75) is 64.2 Å². The molecule has 1 saturated heterocycles. The molecule has 1 saturated carbocycles. The molecule has 2 fully saturated rings. The van der Waals surface area contributed by atoms with Crippen molar-refractivity contribution in [3.05, 3.63) is 0 Å². The first-order valence-electron chi connectivity index (χ1n) is 7.61. The lowest BCUT2D eigenvalue weighted by molar-refractivity contribution is -0.0955. The molecule has 2 rings (SSSR count). The lowest BCUT2D eigenvalue weighted by Gasteiger charge is -2.40. The van der Waals surface area contributed by atoms with Crippen molar-refractivity contribution >= 4 is 0 Å². The van der Waals surface area contributed by atoms with Crippen molar-refractivity contribution < 1.29 is 9.47 Å². The van der Waals surface area contributed by atoms with Gasteiger partial charge < -0.3 is 14.8 Å². The zero-order chi connectivity index (χ0) is 13.0. The molecule has 0 aromatic carbocycles. The third-order valence-corrected chi connectivity index (χ3v) is 4.51. The largest absolute Gasteiger partial charge is 0.376 e. The second-order valence-corrected chi connectivity index (χ2v) is 6.24. The van der Waals surface area contributed by atoms with Crippen LogP contribution < -0.4 is 5.32 Å². The third-order valence-electron chi connectivity index (χ3n) is 4.51. The number of likely N-dealkylation sites (N-methyl/N-ethyl adjacent to an activating group) is 1. The number of nitrogens with one attached hydrogen (secondary N) is 1. The van der Waals surface area contributed by atoms with Gasteiger partial charge >= 0.3 is 0 Å². The van der Waals surface area contributed by atoms with Gasteiger partial charge in [-0.3, -0.25) is 0 Å². The molecule has 1 heterocycles. The van der Waals surface area contributed by atoms with Crippen LogP contribution in [0.5, 0.6) is 0 Å². The summed E-state index contributed by atoms with van der Waals surface area (Å²) in [5, 5.41) is 3.44. The number of hydrogen-bond donors (Lipinski definition) is 1. The van der Waals surface area contributed by atoms with Crippen LogP contribution in [0.1, 0.15) is 46.0 Å². The smallest absolute Gasteiger partial charge is 0.0808 e. The van der Waals surface area contributed by atoms with Crippen LogP contribution in [0.4, 0.5) is 0 Å². The molecule has 0 spiro atoms. The fourth-order valence-corrected chi connectivity index (χ4v) is 3.55. The second-order valence-electron chi connectivity index (χ2n) is 6.24. The Bertz CT molecular complexity index is 241. The highest BCUT2D eigenvalue weighted by atomic mass is 16.5. The van der Waals surface area contributed by atoms with Gasteiger partial charge in [-0.05, 0) is 51.0 Å². The highest BCUT2D eigenvalue weighted by Crippen LogP contribution is 2.31. The van der Waals surface area contributed by atoms with E-state index in [1.54, 1.807) is 0 Å². The molecule has 18 heavy (non-hydrogen) atoms. The van der Waals surface area contributed by atoms with Crippen molar-refractivity contribution in [1.29, 1.82) is 0 Å². The predicted octanol–water partition coefficient (Wildman–Crippen LogP) is 2.59. The summed E-state index contributed by atoms with van der Waals surface area (Å²) in [4.78, 5) is 0. The fourth-order valence-electron chi connectivity index (χ4n) is 3.55. The maximum atomic E-state index is 6.20. The van der Waals surface area contributed by atoms with E-state index in [9.17, 15) is 0 Å². The molecule has 0 radical (unpaired) electrons. The Morgan fingerprint density at radius 3 is 2.72 bits per heavy atom. The third kappa shape index (κ3) is 3.69. The molecule has 106 valence electrons. The molecule has 5 unspecified atom stereocenters. The van der Waals surface area contributed by atoms with Gasteiger partial charge in [-0.2, -0.15) is 0 Å². The lowest BCUT2D eigenvalue weighted by Crippen LogP contribution is -2.49. The van der Waals surface area contributed by atoms with Crippen LogP contribution >= 0.6 is 0 Å². The molecule has 2 aliphatic rings. The van der Waals surface area contributed by atoms with E-state index >= 15 is 0 Å². The van der Waals surface area contributed by atoms with Crippen LogP contribution in [0.15, 0.2) is 0 Å². The first-order valence-corrected chi connectivity index (χ1v) is 7.61. The monoisotopic (exact) mass is 255 g/mol. The van der Waals surface area contributed by atoms with Crippen molar-refractivity contribution in [3.8, 4) is 0 Å². The topological polar surface area (TPSA) is 30.5 Å². The molecule has 0 aromatic rings. The van der Waals surface area contributed by atoms with Gasteiger partial charge in [-0.1, -0.05) is 13.8 Å². The quantitative estimate of drug-likeness (QED) is 0.837. The minimum atomic E-state index is 0.336. The van der Waals surface area contributed by atoms with Gasteiger partial charge in [-0.15, -0.1) is 0 Å². The van der Waals surface area contributed by atoms with Crippen LogP contribution in [0, 0.1) is 11.8 Å². The summed E-state index contributed by atoms with van der Waals surface area (Å²) < 4.78 is 11.9. The summed E-state index contributed by atoms with van der Waals surface area (Å²) in [5.74, 6) is 1.46. The highest BCUT2D eigenvalue weighted by molar-refractivity contribution is 4.88. The zero-order valence-electron chi connectivity index (χ0n) is 12.2. The maximum absolute atomic E-state index is 6.20. The van der Waals surface area contributed by atoms with Crippen molar-refractivity contribution in [3.63, 3.8) is 0 Å². The van der Waals surface area contributed by atoms with E-state index in [4.69, 9.17) is 9.47 Å². The van der Waals surface area contributed by atoms with Gasteiger partial charge in [0.2, 0.25) is 0 Å². The molecule has 0 bridgehead atoms. The Balaban J connectivity index is 1.81. The minimum Gasteiger partial charge on any atom is -0.376 e. The summed E-state index contributed by atoms with van der Waals surface area (Å²) in [5.41, 5.74) is 0. The van der Waals surface area contributed by atoms with E-state index in [2.05, 4.69) is 26.2 Å². The van der Waals surface area contributed by atoms with E-state index in [1.165, 1.54) is 32.1 Å². The number of hydrogen-bond acceptors (Lipinski definition) is 3. The van der Waals surface area contributed by atoms with Crippen LogP contribution in [-0.4, -0.2) is 38.5 Å². The molecule has 1 aliphatic heterocycles. The molecular formula is C15H29NO2. The minimum absolute atomic E-state index is 0.336. The van der Waals surface area contributed by atoms with Gasteiger partial charge in [0.05, 0.1) is 18.8 Å². The van der Waals surface area contributed by atoms with Crippen LogP contribution in [0.25, 0.3) is 0 Å². The molecule has 3 heteroatoms. The normalized spacial score (nSPS) is 41.8. The summed E-state index contributed by atoms with van der Waals surface area (Å²) >= 11 is 0. The predicted molar refractivity (Wildman–Crippen MR) is 73.7 cm³/mol. The van der Waals surface area contributed by atoms with E-state index in [-0.39, 0.29) is 0 Å². The van der Waals surface area contributed by atoms with Crippen LogP contribution in [-0.2, 0) is 9.47 Å². The van der Waals surface area contributed by atoms with E-state index in [0.29, 0.717) is 24.2 Å². The van der Waals surface area contributed by atoms with Crippen molar-refractivity contribution in [2.75, 3.05) is 20.3 Å². The maximum Gasteiger partial charge on any atom is 0.0808 e. The summed E-state index contributed by atoms with van der Waals surface area (Å²) in [7, 11) is 2.06. The molecular weight excluding hydrogens is 226 g/mol. The molecule has 5 atom stereocenters. The summed E-state index contributed by atoms with van der Waals surface area (Å²) in [6.45, 7) is 6.37. The standard InChI is InChI=1S/C15H29NO2/c1-11-8-12(2)15(14(9-11)16-3)18-10-13-6-4-5-7-17-13/h11-16H,4-10H2,1-3H3. The molecule has 0 aromatic heterocycles. The second kappa shape index (κ2) is 6.88. The molecule has 1 aliphatic carbocycles. The Morgan fingerprint density at radius 2 is 2.06 bits per heavy atom. The van der Waals surface area contributed by atoms with Gasteiger partial charge in [0.1, 0.15) is 0 Å². The lowest BCUT2D eigenvalue weighted by atomic mass is 9.78. The fraction of sp³-hybridized carbons (Fsp3) is 1.00.